The Kier molecular flexibility index (Phi) is 6.11. The van der Waals surface area contributed by atoms with Crippen LogP contribution >= 0.6 is 0 Å². The highest BCUT2D eigenvalue weighted by Gasteiger charge is 2.45. The average Bonchev–Trinajstić information content (AvgIpc) is 2.55. The number of benzene rings is 1. The standard InChI is InChI=1S/C14H20N2O8S/c1-7(18)15-8-2-4-9(5-3-8)25(22,23)16-11-13(20)12(19)10(6-17)24-14(11)21/h2-5,10-14,16-17,19-21H,6H2,1H3,(H,15,18)/t10-,11-,12+,13-,14-/m0/s1. The molecular weight excluding hydrogens is 356 g/mol. The zero-order valence-corrected chi connectivity index (χ0v) is 14.0. The summed E-state index contributed by atoms with van der Waals surface area (Å²) < 4.78 is 31.7. The molecule has 11 heteroatoms. The van der Waals surface area contributed by atoms with Gasteiger partial charge in [0.15, 0.2) is 6.29 Å². The van der Waals surface area contributed by atoms with Gasteiger partial charge in [0.25, 0.3) is 0 Å². The first-order valence-corrected chi connectivity index (χ1v) is 8.84. The second-order valence-corrected chi connectivity index (χ2v) is 7.30. The summed E-state index contributed by atoms with van der Waals surface area (Å²) in [6.45, 7) is 0.655. The maximum Gasteiger partial charge on any atom is 0.241 e. The number of hydrogen-bond donors (Lipinski definition) is 6. The van der Waals surface area contributed by atoms with Crippen molar-refractivity contribution in [2.24, 2.45) is 0 Å². The van der Waals surface area contributed by atoms with Crippen LogP contribution in [0.3, 0.4) is 0 Å². The summed E-state index contributed by atoms with van der Waals surface area (Å²) in [6, 6.07) is 3.66. The van der Waals surface area contributed by atoms with Crippen LogP contribution in [0.15, 0.2) is 29.2 Å². The van der Waals surface area contributed by atoms with Gasteiger partial charge in [-0.3, -0.25) is 4.79 Å². The molecule has 1 saturated heterocycles. The number of aliphatic hydroxyl groups is 4. The van der Waals surface area contributed by atoms with Crippen LogP contribution in [0.1, 0.15) is 6.92 Å². The molecule has 0 unspecified atom stereocenters. The Labute approximate surface area is 144 Å². The number of carbonyl (C=O) groups is 1. The second-order valence-electron chi connectivity index (χ2n) is 5.58. The third-order valence-corrected chi connectivity index (χ3v) is 5.15. The van der Waals surface area contributed by atoms with Gasteiger partial charge in [0.2, 0.25) is 15.9 Å². The van der Waals surface area contributed by atoms with Crippen molar-refractivity contribution >= 4 is 21.6 Å². The molecule has 0 spiro atoms. The Morgan fingerprint density at radius 1 is 1.16 bits per heavy atom. The lowest BCUT2D eigenvalue weighted by Crippen LogP contribution is -2.64. The predicted octanol–water partition coefficient (Wildman–Crippen LogP) is -2.28. The van der Waals surface area contributed by atoms with Gasteiger partial charge in [0.1, 0.15) is 24.4 Å². The monoisotopic (exact) mass is 376 g/mol. The molecule has 1 aromatic rings. The van der Waals surface area contributed by atoms with E-state index in [9.17, 15) is 28.5 Å². The van der Waals surface area contributed by atoms with E-state index < -0.39 is 47.3 Å². The van der Waals surface area contributed by atoms with Gasteiger partial charge in [0, 0.05) is 12.6 Å². The second kappa shape index (κ2) is 7.74. The van der Waals surface area contributed by atoms with Crippen molar-refractivity contribution in [1.82, 2.24) is 4.72 Å². The predicted molar refractivity (Wildman–Crippen MR) is 84.8 cm³/mol. The zero-order valence-electron chi connectivity index (χ0n) is 13.2. The first kappa shape index (κ1) is 19.7. The van der Waals surface area contributed by atoms with E-state index in [1.54, 1.807) is 0 Å². The first-order chi connectivity index (χ1) is 11.7. The number of anilines is 1. The van der Waals surface area contributed by atoms with E-state index in [1.165, 1.54) is 31.2 Å². The minimum atomic E-state index is -4.15. The maximum atomic E-state index is 12.4. The topological polar surface area (TPSA) is 165 Å². The van der Waals surface area contributed by atoms with Crippen molar-refractivity contribution in [3.05, 3.63) is 24.3 Å². The smallest absolute Gasteiger partial charge is 0.241 e. The largest absolute Gasteiger partial charge is 0.394 e. The number of ether oxygens (including phenoxy) is 1. The van der Waals surface area contributed by atoms with Crippen LogP contribution in [0, 0.1) is 0 Å². The molecule has 0 bridgehead atoms. The van der Waals surface area contributed by atoms with E-state index in [0.717, 1.165) is 0 Å². The molecule has 10 nitrogen and oxygen atoms in total. The normalized spacial score (nSPS) is 30.0. The number of sulfonamides is 1. The summed E-state index contributed by atoms with van der Waals surface area (Å²) in [4.78, 5) is 10.8. The van der Waals surface area contributed by atoms with Crippen LogP contribution in [-0.4, -0.2) is 72.0 Å². The summed E-state index contributed by atoms with van der Waals surface area (Å²) >= 11 is 0. The molecule has 6 N–H and O–H groups in total. The lowest BCUT2D eigenvalue weighted by atomic mass is 9.98. The summed E-state index contributed by atoms with van der Waals surface area (Å²) in [5.41, 5.74) is 0.397. The van der Waals surface area contributed by atoms with E-state index >= 15 is 0 Å². The Morgan fingerprint density at radius 2 is 1.76 bits per heavy atom. The number of carbonyl (C=O) groups excluding carboxylic acids is 1. The molecule has 140 valence electrons. The molecule has 5 atom stereocenters. The van der Waals surface area contributed by atoms with Crippen molar-refractivity contribution in [2.75, 3.05) is 11.9 Å². The van der Waals surface area contributed by atoms with Crippen LogP contribution in [0.5, 0.6) is 0 Å². The minimum Gasteiger partial charge on any atom is -0.394 e. The summed E-state index contributed by atoms with van der Waals surface area (Å²) in [7, 11) is -4.15. The third-order valence-electron chi connectivity index (χ3n) is 3.68. The third kappa shape index (κ3) is 4.52. The SMILES string of the molecule is CC(=O)Nc1ccc(S(=O)(=O)N[C@H]2[C@H](O)[C@H](O)[C@H](CO)O[C@@H]2O)cc1. The highest BCUT2D eigenvalue weighted by molar-refractivity contribution is 7.89. The molecule has 1 amide bonds. The average molecular weight is 376 g/mol. The summed E-state index contributed by atoms with van der Waals surface area (Å²) in [5.74, 6) is -0.313. The van der Waals surface area contributed by atoms with Gasteiger partial charge in [-0.25, -0.2) is 13.1 Å². The molecule has 1 aromatic carbocycles. The van der Waals surface area contributed by atoms with Crippen LogP contribution in [-0.2, 0) is 19.6 Å². The molecule has 1 aliphatic rings. The molecule has 0 saturated carbocycles. The van der Waals surface area contributed by atoms with Crippen molar-refractivity contribution in [3.63, 3.8) is 0 Å². The lowest BCUT2D eigenvalue weighted by Gasteiger charge is -2.40. The summed E-state index contributed by atoms with van der Waals surface area (Å²) in [6.07, 6.45) is -6.26. The molecule has 1 heterocycles. The van der Waals surface area contributed by atoms with Crippen molar-refractivity contribution in [3.8, 4) is 0 Å². The first-order valence-electron chi connectivity index (χ1n) is 7.36. The molecule has 2 rings (SSSR count). The lowest BCUT2D eigenvalue weighted by molar-refractivity contribution is -0.251. The molecule has 25 heavy (non-hydrogen) atoms. The Morgan fingerprint density at radius 3 is 2.28 bits per heavy atom. The van der Waals surface area contributed by atoms with Crippen LogP contribution in [0.25, 0.3) is 0 Å². The fourth-order valence-corrected chi connectivity index (χ4v) is 3.64. The fraction of sp³-hybridized carbons (Fsp3) is 0.500. The van der Waals surface area contributed by atoms with E-state index in [2.05, 4.69) is 10.0 Å². The molecule has 0 aliphatic carbocycles. The molecule has 0 radical (unpaired) electrons. The number of rotatable bonds is 5. The Balaban J connectivity index is 2.16. The molecule has 1 aliphatic heterocycles. The highest BCUT2D eigenvalue weighted by Crippen LogP contribution is 2.22. The minimum absolute atomic E-state index is 0.181. The van der Waals surface area contributed by atoms with Gasteiger partial charge in [-0.15, -0.1) is 0 Å². The van der Waals surface area contributed by atoms with Gasteiger partial charge in [-0.05, 0) is 24.3 Å². The van der Waals surface area contributed by atoms with Gasteiger partial charge < -0.3 is 30.5 Å². The quantitative estimate of drug-likeness (QED) is 0.334. The van der Waals surface area contributed by atoms with Crippen molar-refractivity contribution in [1.29, 1.82) is 0 Å². The van der Waals surface area contributed by atoms with E-state index in [-0.39, 0.29) is 10.8 Å². The van der Waals surface area contributed by atoms with Crippen LogP contribution in [0.2, 0.25) is 0 Å². The van der Waals surface area contributed by atoms with Crippen LogP contribution in [0.4, 0.5) is 5.69 Å². The van der Waals surface area contributed by atoms with Gasteiger partial charge in [0.05, 0.1) is 11.5 Å². The van der Waals surface area contributed by atoms with E-state index in [4.69, 9.17) is 9.84 Å². The summed E-state index contributed by atoms with van der Waals surface area (Å²) in [5, 5.41) is 41.1. The maximum absolute atomic E-state index is 12.4. The van der Waals surface area contributed by atoms with Gasteiger partial charge in [-0.2, -0.15) is 0 Å². The van der Waals surface area contributed by atoms with Crippen molar-refractivity contribution < 1.29 is 38.4 Å². The van der Waals surface area contributed by atoms with E-state index in [0.29, 0.717) is 5.69 Å². The van der Waals surface area contributed by atoms with Crippen molar-refractivity contribution in [2.45, 2.75) is 42.5 Å². The number of nitrogens with one attached hydrogen (secondary N) is 2. The zero-order chi connectivity index (χ0) is 18.8. The van der Waals surface area contributed by atoms with Gasteiger partial charge >= 0.3 is 0 Å². The molecule has 1 fully saturated rings. The molecular formula is C14H20N2O8S. The van der Waals surface area contributed by atoms with E-state index in [1.807, 2.05) is 0 Å². The molecule has 0 aromatic heterocycles. The fourth-order valence-electron chi connectivity index (χ4n) is 2.39. The highest BCUT2D eigenvalue weighted by atomic mass is 32.2. The van der Waals surface area contributed by atoms with Gasteiger partial charge in [-0.1, -0.05) is 0 Å². The Hall–Kier alpha value is -1.60. The number of amides is 1. The van der Waals surface area contributed by atoms with Crippen LogP contribution < -0.4 is 10.0 Å². The Bertz CT molecular complexity index is 708. The number of aliphatic hydroxyl groups excluding tert-OH is 4. The number of hydrogen-bond acceptors (Lipinski definition) is 8.